The number of nitrogens with zero attached hydrogens (tertiary/aromatic N) is 2. The molecule has 0 bridgehead atoms. The van der Waals surface area contributed by atoms with Crippen molar-refractivity contribution < 1.29 is 50.5 Å². The predicted octanol–water partition coefficient (Wildman–Crippen LogP) is 7.39. The molecule has 1 aromatic carbocycles. The van der Waals surface area contributed by atoms with E-state index < -0.39 is 59.4 Å². The van der Waals surface area contributed by atoms with Crippen LogP contribution in [-0.4, -0.2) is 46.3 Å². The highest BCUT2D eigenvalue weighted by Crippen LogP contribution is 2.36. The molecule has 0 aliphatic heterocycles. The number of carbonyl (C=O) groups excluding carboxylic acids is 2. The van der Waals surface area contributed by atoms with E-state index in [1.807, 2.05) is 0 Å². The van der Waals surface area contributed by atoms with Crippen LogP contribution in [0.15, 0.2) is 30.6 Å². The van der Waals surface area contributed by atoms with Gasteiger partial charge in [0.2, 0.25) is 0 Å². The van der Waals surface area contributed by atoms with Gasteiger partial charge in [-0.25, -0.2) is 23.4 Å². The topological polar surface area (TPSA) is 103 Å². The minimum atomic E-state index is -4.83. The van der Waals surface area contributed by atoms with Crippen LogP contribution in [0.5, 0.6) is 11.5 Å². The number of amides is 2. The van der Waals surface area contributed by atoms with Crippen molar-refractivity contribution in [3.05, 3.63) is 47.8 Å². The fraction of sp³-hybridized carbons (Fsp3) is 0.423. The molecular formula is C26H28F5N3O6. The zero-order chi connectivity index (χ0) is 30.0. The minimum Gasteiger partial charge on any atom is -0.450 e. The smallest absolute Gasteiger partial charge is 0.450 e. The van der Waals surface area contributed by atoms with Crippen molar-refractivity contribution in [3.63, 3.8) is 0 Å². The molecule has 14 heteroatoms. The summed E-state index contributed by atoms with van der Waals surface area (Å²) in [5, 5.41) is 0.181. The number of carbonyl (C=O) groups is 2. The Kier molecular flexibility index (Phi) is 8.63. The molecule has 1 N–H and O–H groups in total. The summed E-state index contributed by atoms with van der Waals surface area (Å²) >= 11 is 0. The van der Waals surface area contributed by atoms with Crippen molar-refractivity contribution >= 4 is 28.9 Å². The van der Waals surface area contributed by atoms with E-state index in [-0.39, 0.29) is 23.2 Å². The summed E-state index contributed by atoms with van der Waals surface area (Å²) in [4.78, 5) is 32.8. The SMILES string of the molecule is CC(C)(C)OC(=O)N(C(=O)OC(C)(C)C)c1cc(F)c(Oc2ccnc3[nH]cc(CCOC(F)(F)F)c23)c(F)c1. The molecule has 3 rings (SSSR count). The van der Waals surface area contributed by atoms with Gasteiger partial charge in [-0.3, -0.25) is 4.74 Å². The van der Waals surface area contributed by atoms with Crippen molar-refractivity contribution in [2.24, 2.45) is 0 Å². The number of imide groups is 1. The van der Waals surface area contributed by atoms with E-state index in [0.717, 1.165) is 0 Å². The number of aromatic nitrogens is 2. The van der Waals surface area contributed by atoms with Gasteiger partial charge in [0.05, 0.1) is 17.7 Å². The van der Waals surface area contributed by atoms with Gasteiger partial charge in [-0.15, -0.1) is 13.2 Å². The summed E-state index contributed by atoms with van der Waals surface area (Å²) in [5.41, 5.74) is -2.15. The van der Waals surface area contributed by atoms with E-state index in [1.54, 1.807) is 0 Å². The average molecular weight is 574 g/mol. The number of pyridine rings is 1. The number of aromatic amines is 1. The third kappa shape index (κ3) is 8.04. The Morgan fingerprint density at radius 2 is 1.50 bits per heavy atom. The maximum atomic E-state index is 15.3. The second-order valence-electron chi connectivity index (χ2n) is 10.5. The van der Waals surface area contributed by atoms with E-state index in [9.17, 15) is 22.8 Å². The van der Waals surface area contributed by atoms with Gasteiger partial charge < -0.3 is 19.2 Å². The van der Waals surface area contributed by atoms with E-state index in [1.165, 1.54) is 60.0 Å². The molecule has 0 saturated carbocycles. The van der Waals surface area contributed by atoms with Gasteiger partial charge >= 0.3 is 18.5 Å². The second kappa shape index (κ2) is 11.3. The zero-order valence-corrected chi connectivity index (χ0v) is 22.5. The molecule has 0 atom stereocenters. The molecule has 218 valence electrons. The van der Waals surface area contributed by atoms with Crippen LogP contribution in [0, 0.1) is 11.6 Å². The summed E-state index contributed by atoms with van der Waals surface area (Å²) in [6.45, 7) is 8.51. The number of benzene rings is 1. The largest absolute Gasteiger partial charge is 0.522 e. The number of H-pyrrole nitrogens is 1. The van der Waals surface area contributed by atoms with E-state index in [0.29, 0.717) is 22.6 Å². The number of nitrogens with one attached hydrogen (secondary N) is 1. The Balaban J connectivity index is 1.98. The quantitative estimate of drug-likeness (QED) is 0.307. The number of fused-ring (bicyclic) bond motifs is 1. The van der Waals surface area contributed by atoms with Crippen LogP contribution in [0.4, 0.5) is 37.2 Å². The minimum absolute atomic E-state index is 0.116. The third-order valence-corrected chi connectivity index (χ3v) is 4.86. The molecule has 0 radical (unpaired) electrons. The summed E-state index contributed by atoms with van der Waals surface area (Å²) in [5.74, 6) is -3.61. The lowest BCUT2D eigenvalue weighted by molar-refractivity contribution is -0.324. The summed E-state index contributed by atoms with van der Waals surface area (Å²) in [6.07, 6.45) is -4.87. The van der Waals surface area contributed by atoms with Gasteiger partial charge in [0.25, 0.3) is 0 Å². The van der Waals surface area contributed by atoms with Gasteiger partial charge in [0.15, 0.2) is 17.4 Å². The molecule has 2 amide bonds. The fourth-order valence-corrected chi connectivity index (χ4v) is 3.43. The van der Waals surface area contributed by atoms with Crippen molar-refractivity contribution in [1.29, 1.82) is 0 Å². The van der Waals surface area contributed by atoms with Crippen LogP contribution in [0.1, 0.15) is 47.1 Å². The van der Waals surface area contributed by atoms with E-state index >= 15 is 8.78 Å². The molecule has 40 heavy (non-hydrogen) atoms. The predicted molar refractivity (Wildman–Crippen MR) is 133 cm³/mol. The first-order valence-corrected chi connectivity index (χ1v) is 11.9. The van der Waals surface area contributed by atoms with Gasteiger partial charge in [-0.2, -0.15) is 4.90 Å². The Hall–Kier alpha value is -3.94. The first kappa shape index (κ1) is 30.6. The Bertz CT molecular complexity index is 1340. The standard InChI is InChI=1S/C26H28F5N3O6/c1-24(2,3)39-22(35)34(23(36)40-25(4,5)6)15-11-16(27)20(17(28)12-15)38-18-7-9-32-21-19(18)14(13-33-21)8-10-37-26(29,30)31/h7,9,11-13H,8,10H2,1-6H3,(H,32,33). The van der Waals surface area contributed by atoms with E-state index in [4.69, 9.17) is 14.2 Å². The molecule has 3 aromatic rings. The molecule has 2 heterocycles. The molecule has 0 fully saturated rings. The molecule has 0 aliphatic rings. The van der Waals surface area contributed by atoms with Gasteiger partial charge in [-0.1, -0.05) is 0 Å². The lowest BCUT2D eigenvalue weighted by atomic mass is 10.1. The van der Waals surface area contributed by atoms with Crippen LogP contribution in [0.2, 0.25) is 0 Å². The fourth-order valence-electron chi connectivity index (χ4n) is 3.43. The number of alkyl halides is 3. The molecule has 0 unspecified atom stereocenters. The highest BCUT2D eigenvalue weighted by Gasteiger charge is 2.34. The molecule has 2 aromatic heterocycles. The van der Waals surface area contributed by atoms with Gasteiger partial charge in [-0.05, 0) is 59.6 Å². The van der Waals surface area contributed by atoms with Crippen molar-refractivity contribution in [1.82, 2.24) is 9.97 Å². The molecule has 0 aliphatic carbocycles. The van der Waals surface area contributed by atoms with E-state index in [2.05, 4.69) is 14.7 Å². The normalized spacial score (nSPS) is 12.4. The highest BCUT2D eigenvalue weighted by molar-refractivity contribution is 6.09. The van der Waals surface area contributed by atoms with Crippen molar-refractivity contribution in [2.75, 3.05) is 11.5 Å². The first-order chi connectivity index (χ1) is 18.3. The van der Waals surface area contributed by atoms with Crippen molar-refractivity contribution in [2.45, 2.75) is 65.5 Å². The monoisotopic (exact) mass is 573 g/mol. The van der Waals surface area contributed by atoms with Gasteiger partial charge in [0, 0.05) is 24.5 Å². The number of hydrogen-bond donors (Lipinski definition) is 1. The zero-order valence-electron chi connectivity index (χ0n) is 22.5. The van der Waals surface area contributed by atoms with Crippen LogP contribution < -0.4 is 9.64 Å². The first-order valence-electron chi connectivity index (χ1n) is 11.9. The Morgan fingerprint density at radius 1 is 0.950 bits per heavy atom. The summed E-state index contributed by atoms with van der Waals surface area (Å²) in [6, 6.07) is 2.63. The highest BCUT2D eigenvalue weighted by atomic mass is 19.4. The van der Waals surface area contributed by atoms with Gasteiger partial charge in [0.1, 0.15) is 22.6 Å². The lowest BCUT2D eigenvalue weighted by Crippen LogP contribution is -2.43. The molecule has 0 saturated heterocycles. The average Bonchev–Trinajstić information content (AvgIpc) is 3.17. The number of hydrogen-bond acceptors (Lipinski definition) is 7. The number of rotatable bonds is 6. The molecule has 0 spiro atoms. The number of halogens is 5. The van der Waals surface area contributed by atoms with Crippen LogP contribution in [-0.2, 0) is 20.6 Å². The molecule has 9 nitrogen and oxygen atoms in total. The van der Waals surface area contributed by atoms with Crippen molar-refractivity contribution in [3.8, 4) is 11.5 Å². The van der Waals surface area contributed by atoms with Crippen LogP contribution in [0.3, 0.4) is 0 Å². The summed E-state index contributed by atoms with van der Waals surface area (Å²) < 4.78 is 87.4. The number of ether oxygens (including phenoxy) is 4. The maximum Gasteiger partial charge on any atom is 0.522 e. The third-order valence-electron chi connectivity index (χ3n) is 4.86. The Labute approximate surface area is 226 Å². The molecular weight excluding hydrogens is 545 g/mol. The van der Waals surface area contributed by atoms with Crippen LogP contribution in [0.25, 0.3) is 11.0 Å². The van der Waals surface area contributed by atoms with Crippen LogP contribution >= 0.6 is 0 Å². The Morgan fingerprint density at radius 3 is 2.00 bits per heavy atom. The number of anilines is 1. The summed E-state index contributed by atoms with van der Waals surface area (Å²) in [7, 11) is 0. The maximum absolute atomic E-state index is 15.3. The second-order valence-corrected chi connectivity index (χ2v) is 10.5. The lowest BCUT2D eigenvalue weighted by Gasteiger charge is -2.28.